The lowest BCUT2D eigenvalue weighted by Gasteiger charge is -1.74. The first-order valence-corrected chi connectivity index (χ1v) is 2.49. The number of rotatable bonds is 1. The fraction of sp³-hybridized carbons (Fsp3) is 0.200. The molecule has 0 amide bonds. The molecule has 0 aliphatic carbocycles. The van der Waals surface area contributed by atoms with E-state index in [2.05, 4.69) is 8.86 Å². The summed E-state index contributed by atoms with van der Waals surface area (Å²) in [6.07, 6.45) is 1.73. The maximum absolute atomic E-state index is 8.15. The van der Waals surface area contributed by atoms with Crippen LogP contribution in [0.25, 0.3) is 0 Å². The molecule has 0 heterocycles. The number of nitriles is 1. The molecule has 0 N–H and O–H groups in total. The molecule has 0 unspecified atom stereocenters. The SMILES string of the molecule is C/C=C(/C#N)C=P. The first-order valence-electron chi connectivity index (χ1n) is 1.92. The summed E-state index contributed by atoms with van der Waals surface area (Å²) in [5.74, 6) is 1.58. The van der Waals surface area contributed by atoms with Crippen molar-refractivity contribution in [3.05, 3.63) is 11.6 Å². The average Bonchev–Trinajstić information content (AvgIpc) is 1.72. The zero-order valence-electron chi connectivity index (χ0n) is 4.10. The molecule has 0 bridgehead atoms. The molecule has 0 radical (unpaired) electrons. The molecule has 0 aromatic heterocycles. The Labute approximate surface area is 45.5 Å². The van der Waals surface area contributed by atoms with E-state index in [4.69, 9.17) is 5.26 Å². The van der Waals surface area contributed by atoms with Gasteiger partial charge in [-0.05, 0) is 12.7 Å². The van der Waals surface area contributed by atoms with Gasteiger partial charge in [0.1, 0.15) is 0 Å². The molecule has 0 aromatic carbocycles. The zero-order chi connectivity index (χ0) is 5.70. The Balaban J connectivity index is 3.94. The quantitative estimate of drug-likeness (QED) is 0.370. The molecule has 0 spiro atoms. The minimum Gasteiger partial charge on any atom is -0.192 e. The molecule has 0 saturated heterocycles. The van der Waals surface area contributed by atoms with E-state index in [-0.39, 0.29) is 0 Å². The van der Waals surface area contributed by atoms with Crippen molar-refractivity contribution in [2.75, 3.05) is 0 Å². The molecular formula is C5H6NP. The molecule has 0 aliphatic rings. The number of hydrogen-bond donors (Lipinski definition) is 0. The Bertz CT molecular complexity index is 130. The van der Waals surface area contributed by atoms with Crippen LogP contribution in [0.15, 0.2) is 11.6 Å². The van der Waals surface area contributed by atoms with E-state index in [9.17, 15) is 0 Å². The minimum absolute atomic E-state index is 0.650. The Hall–Kier alpha value is -0.600. The summed E-state index contributed by atoms with van der Waals surface area (Å²) in [4.78, 5) is 0. The van der Waals surface area contributed by atoms with Crippen molar-refractivity contribution in [2.45, 2.75) is 6.92 Å². The highest BCUT2D eigenvalue weighted by Gasteiger charge is 1.77. The summed E-state index contributed by atoms with van der Waals surface area (Å²) >= 11 is 0. The molecule has 0 atom stereocenters. The van der Waals surface area contributed by atoms with Gasteiger partial charge in [-0.25, -0.2) is 0 Å². The fourth-order valence-corrected chi connectivity index (χ4v) is 0.411. The van der Waals surface area contributed by atoms with Crippen LogP contribution in [-0.4, -0.2) is 5.80 Å². The maximum atomic E-state index is 8.15. The second-order valence-electron chi connectivity index (χ2n) is 1.00. The fourth-order valence-electron chi connectivity index (χ4n) is 0.180. The van der Waals surface area contributed by atoms with Crippen LogP contribution in [0.4, 0.5) is 0 Å². The van der Waals surface area contributed by atoms with Crippen LogP contribution in [-0.2, 0) is 0 Å². The van der Waals surface area contributed by atoms with Crippen LogP contribution in [0.5, 0.6) is 0 Å². The molecule has 0 aliphatic heterocycles. The van der Waals surface area contributed by atoms with E-state index in [0.29, 0.717) is 5.57 Å². The number of allylic oxidation sites excluding steroid dienone is 2. The molecule has 0 rings (SSSR count). The molecule has 0 fully saturated rings. The predicted octanol–water partition coefficient (Wildman–Crippen LogP) is 1.40. The van der Waals surface area contributed by atoms with Gasteiger partial charge in [-0.3, -0.25) is 0 Å². The average molecular weight is 111 g/mol. The largest absolute Gasteiger partial charge is 0.192 e. The Kier molecular flexibility index (Phi) is 3.28. The van der Waals surface area contributed by atoms with Gasteiger partial charge in [0.2, 0.25) is 0 Å². The van der Waals surface area contributed by atoms with Crippen molar-refractivity contribution < 1.29 is 0 Å². The van der Waals surface area contributed by atoms with Crippen LogP contribution in [0, 0.1) is 11.3 Å². The lowest BCUT2D eigenvalue weighted by atomic mass is 10.3. The van der Waals surface area contributed by atoms with Gasteiger partial charge in [0.05, 0.1) is 11.6 Å². The van der Waals surface area contributed by atoms with Crippen LogP contribution in [0.1, 0.15) is 6.92 Å². The lowest BCUT2D eigenvalue weighted by molar-refractivity contribution is 1.51. The summed E-state index contributed by atoms with van der Waals surface area (Å²) in [6, 6.07) is 1.96. The first kappa shape index (κ1) is 6.40. The van der Waals surface area contributed by atoms with Crippen LogP contribution >= 0.6 is 8.86 Å². The highest BCUT2D eigenvalue weighted by atomic mass is 31.0. The Morgan fingerprint density at radius 3 is 2.43 bits per heavy atom. The maximum Gasteiger partial charge on any atom is 0.0991 e. The van der Waals surface area contributed by atoms with Crippen molar-refractivity contribution in [1.82, 2.24) is 0 Å². The van der Waals surface area contributed by atoms with Crippen molar-refractivity contribution >= 4 is 14.7 Å². The van der Waals surface area contributed by atoms with E-state index >= 15 is 0 Å². The second-order valence-corrected chi connectivity index (χ2v) is 1.29. The van der Waals surface area contributed by atoms with E-state index in [1.54, 1.807) is 11.9 Å². The second kappa shape index (κ2) is 3.59. The van der Waals surface area contributed by atoms with Crippen molar-refractivity contribution in [3.63, 3.8) is 0 Å². The summed E-state index contributed by atoms with van der Waals surface area (Å²) in [6.45, 7) is 1.81. The van der Waals surface area contributed by atoms with Gasteiger partial charge in [0.25, 0.3) is 0 Å². The molecule has 1 nitrogen and oxygen atoms in total. The Morgan fingerprint density at radius 2 is 2.43 bits per heavy atom. The Morgan fingerprint density at radius 1 is 1.86 bits per heavy atom. The van der Waals surface area contributed by atoms with Gasteiger partial charge < -0.3 is 0 Å². The van der Waals surface area contributed by atoms with E-state index in [0.717, 1.165) is 0 Å². The van der Waals surface area contributed by atoms with Gasteiger partial charge in [-0.15, -0.1) is 8.86 Å². The lowest BCUT2D eigenvalue weighted by Crippen LogP contribution is -1.70. The van der Waals surface area contributed by atoms with Crippen molar-refractivity contribution in [3.8, 4) is 6.07 Å². The third-order valence-corrected chi connectivity index (χ3v) is 0.907. The topological polar surface area (TPSA) is 23.8 Å². The number of nitrogens with zero attached hydrogens (tertiary/aromatic N) is 1. The molecule has 36 valence electrons. The van der Waals surface area contributed by atoms with Crippen LogP contribution in [0.2, 0.25) is 0 Å². The summed E-state index contributed by atoms with van der Waals surface area (Å²) < 4.78 is 0. The highest BCUT2D eigenvalue weighted by Crippen LogP contribution is 1.84. The normalized spacial score (nSPS) is 10.0. The van der Waals surface area contributed by atoms with Gasteiger partial charge >= 0.3 is 0 Å². The molecule has 0 saturated carbocycles. The standard InChI is InChI=1S/C5H6NP/c1-2-5(3-6)4-7/h2,4,7H,1H3/b5-2-. The summed E-state index contributed by atoms with van der Waals surface area (Å²) in [5, 5.41) is 8.15. The number of hydrogen-bond acceptors (Lipinski definition) is 1. The third-order valence-electron chi connectivity index (χ3n) is 0.596. The highest BCUT2D eigenvalue weighted by molar-refractivity contribution is 7.19. The van der Waals surface area contributed by atoms with Gasteiger partial charge in [-0.2, -0.15) is 5.26 Å². The van der Waals surface area contributed by atoms with Crippen LogP contribution in [0.3, 0.4) is 0 Å². The molecule has 2 heteroatoms. The van der Waals surface area contributed by atoms with Gasteiger partial charge in [0.15, 0.2) is 0 Å². The smallest absolute Gasteiger partial charge is 0.0991 e. The van der Waals surface area contributed by atoms with Gasteiger partial charge in [0, 0.05) is 0 Å². The third kappa shape index (κ3) is 2.14. The minimum atomic E-state index is 0.650. The van der Waals surface area contributed by atoms with Crippen molar-refractivity contribution in [1.29, 1.82) is 5.26 Å². The van der Waals surface area contributed by atoms with Crippen LogP contribution < -0.4 is 0 Å². The predicted molar refractivity (Wildman–Crippen MR) is 33.7 cm³/mol. The zero-order valence-corrected chi connectivity index (χ0v) is 5.10. The molecular weight excluding hydrogens is 105 g/mol. The monoisotopic (exact) mass is 111 g/mol. The van der Waals surface area contributed by atoms with Gasteiger partial charge in [-0.1, -0.05) is 6.08 Å². The summed E-state index contributed by atoms with van der Waals surface area (Å²) in [7, 11) is 3.06. The van der Waals surface area contributed by atoms with E-state index in [1.165, 1.54) is 0 Å². The van der Waals surface area contributed by atoms with Crippen molar-refractivity contribution in [2.24, 2.45) is 0 Å². The summed E-state index contributed by atoms with van der Waals surface area (Å²) in [5.41, 5.74) is 0.650. The van der Waals surface area contributed by atoms with E-state index < -0.39 is 0 Å². The molecule has 7 heavy (non-hydrogen) atoms. The molecule has 0 aromatic rings. The first-order chi connectivity index (χ1) is 3.35. The van der Waals surface area contributed by atoms with E-state index in [1.807, 2.05) is 13.0 Å².